The Morgan fingerprint density at radius 1 is 1.29 bits per heavy atom. The number of carbonyl (C=O) groups is 2. The minimum atomic E-state index is -0.132. The number of likely N-dealkylation sites (N-methyl/N-ethyl adjacent to an activating group) is 1. The van der Waals surface area contributed by atoms with E-state index in [1.54, 1.807) is 18.0 Å². The summed E-state index contributed by atoms with van der Waals surface area (Å²) in [4.78, 5) is 37.0. The summed E-state index contributed by atoms with van der Waals surface area (Å²) in [5.74, 6) is 0.644. The maximum absolute atomic E-state index is 12.7. The van der Waals surface area contributed by atoms with Crippen molar-refractivity contribution in [3.8, 4) is 11.3 Å². The normalized spacial score (nSPS) is 16.8. The van der Waals surface area contributed by atoms with Crippen LogP contribution in [0.5, 0.6) is 0 Å². The lowest BCUT2D eigenvalue weighted by Crippen LogP contribution is -2.48. The first-order valence-electron chi connectivity index (χ1n) is 9.58. The van der Waals surface area contributed by atoms with Crippen molar-refractivity contribution >= 4 is 17.8 Å². The highest BCUT2D eigenvalue weighted by molar-refractivity contribution is 5.95. The second kappa shape index (κ2) is 8.37. The van der Waals surface area contributed by atoms with Crippen molar-refractivity contribution in [2.75, 3.05) is 32.6 Å². The fraction of sp³-hybridized carbons (Fsp3) is 0.429. The van der Waals surface area contributed by atoms with E-state index in [-0.39, 0.29) is 17.9 Å². The summed E-state index contributed by atoms with van der Waals surface area (Å²) in [5.41, 5.74) is 3.22. The third-order valence-electron chi connectivity index (χ3n) is 4.91. The average Bonchev–Trinajstić information content (AvgIpc) is 2.70. The van der Waals surface area contributed by atoms with E-state index in [4.69, 9.17) is 0 Å². The first kappa shape index (κ1) is 19.8. The number of benzene rings is 1. The van der Waals surface area contributed by atoms with E-state index in [0.29, 0.717) is 30.9 Å². The molecule has 1 fully saturated rings. The van der Waals surface area contributed by atoms with Crippen molar-refractivity contribution in [1.82, 2.24) is 20.2 Å². The quantitative estimate of drug-likeness (QED) is 0.858. The predicted octanol–water partition coefficient (Wildman–Crippen LogP) is 2.12. The number of amides is 2. The Morgan fingerprint density at radius 3 is 2.75 bits per heavy atom. The van der Waals surface area contributed by atoms with Crippen molar-refractivity contribution in [3.63, 3.8) is 0 Å². The van der Waals surface area contributed by atoms with Crippen LogP contribution >= 0.6 is 0 Å². The number of anilines is 1. The molecule has 0 bridgehead atoms. The van der Waals surface area contributed by atoms with Gasteiger partial charge in [-0.25, -0.2) is 9.97 Å². The maximum atomic E-state index is 12.7. The summed E-state index contributed by atoms with van der Waals surface area (Å²) in [6.07, 6.45) is 1.95. The van der Waals surface area contributed by atoms with Crippen LogP contribution in [-0.2, 0) is 11.2 Å². The molecular formula is C21H27N5O2. The van der Waals surface area contributed by atoms with E-state index in [9.17, 15) is 9.59 Å². The van der Waals surface area contributed by atoms with Gasteiger partial charge in [-0.3, -0.25) is 9.59 Å². The zero-order chi connectivity index (χ0) is 20.3. The van der Waals surface area contributed by atoms with Gasteiger partial charge in [0.15, 0.2) is 0 Å². The third-order valence-corrected chi connectivity index (χ3v) is 4.91. The van der Waals surface area contributed by atoms with Gasteiger partial charge in [0, 0.05) is 57.0 Å². The average molecular weight is 381 g/mol. The van der Waals surface area contributed by atoms with Crippen LogP contribution in [0.4, 0.5) is 5.95 Å². The van der Waals surface area contributed by atoms with Gasteiger partial charge in [0.2, 0.25) is 11.9 Å². The molecule has 28 heavy (non-hydrogen) atoms. The Morgan fingerprint density at radius 2 is 2.07 bits per heavy atom. The predicted molar refractivity (Wildman–Crippen MR) is 109 cm³/mol. The molecule has 1 aromatic heterocycles. The summed E-state index contributed by atoms with van der Waals surface area (Å²) in [6.45, 7) is 2.60. The number of nitrogens with zero attached hydrogens (tertiary/aromatic N) is 4. The molecule has 1 atom stereocenters. The molecule has 148 valence electrons. The second-order valence-electron chi connectivity index (χ2n) is 7.36. The summed E-state index contributed by atoms with van der Waals surface area (Å²) in [5, 5.41) is 3.04. The van der Waals surface area contributed by atoms with Crippen LogP contribution in [0.1, 0.15) is 35.8 Å². The Balaban J connectivity index is 1.81. The van der Waals surface area contributed by atoms with Crippen LogP contribution < -0.4 is 10.2 Å². The topological polar surface area (TPSA) is 78.4 Å². The van der Waals surface area contributed by atoms with Crippen LogP contribution in [0.3, 0.4) is 0 Å². The van der Waals surface area contributed by atoms with Crippen molar-refractivity contribution in [3.05, 3.63) is 41.6 Å². The largest absolute Gasteiger partial charge is 0.348 e. The standard InChI is InChI=1S/C21H27N5O2/c1-5-16-12-18(24-21(23-16)25(2)3)14-7-6-8-15(11-14)20(28)22-17-9-10-19(27)26(4)13-17/h6-8,11-12,17H,5,9-10,13H2,1-4H3,(H,22,28)/t17-/m0/s1. The molecule has 2 amide bonds. The Kier molecular flexibility index (Phi) is 5.92. The third kappa shape index (κ3) is 4.47. The van der Waals surface area contributed by atoms with Crippen LogP contribution in [0.25, 0.3) is 11.3 Å². The molecule has 3 rings (SSSR count). The number of hydrogen-bond acceptors (Lipinski definition) is 5. The molecule has 2 heterocycles. The number of rotatable bonds is 5. The SMILES string of the molecule is CCc1cc(-c2cccc(C(=O)N[C@H]3CCC(=O)N(C)C3)c2)nc(N(C)C)n1. The summed E-state index contributed by atoms with van der Waals surface area (Å²) >= 11 is 0. The van der Waals surface area contributed by atoms with Crippen LogP contribution in [0, 0.1) is 0 Å². The Hall–Kier alpha value is -2.96. The van der Waals surface area contributed by atoms with Gasteiger partial charge in [0.1, 0.15) is 0 Å². The number of hydrogen-bond donors (Lipinski definition) is 1. The molecule has 1 saturated heterocycles. The second-order valence-corrected chi connectivity index (χ2v) is 7.36. The van der Waals surface area contributed by atoms with Gasteiger partial charge < -0.3 is 15.1 Å². The molecule has 1 aliphatic heterocycles. The monoisotopic (exact) mass is 381 g/mol. The highest BCUT2D eigenvalue weighted by Gasteiger charge is 2.24. The molecule has 0 unspecified atom stereocenters. The van der Waals surface area contributed by atoms with Crippen molar-refractivity contribution in [1.29, 1.82) is 0 Å². The van der Waals surface area contributed by atoms with Gasteiger partial charge in [-0.1, -0.05) is 19.1 Å². The van der Waals surface area contributed by atoms with E-state index in [0.717, 1.165) is 23.4 Å². The highest BCUT2D eigenvalue weighted by Crippen LogP contribution is 2.22. The molecule has 0 saturated carbocycles. The van der Waals surface area contributed by atoms with Crippen molar-refractivity contribution in [2.24, 2.45) is 0 Å². The lowest BCUT2D eigenvalue weighted by atomic mass is 10.0. The van der Waals surface area contributed by atoms with Crippen molar-refractivity contribution < 1.29 is 9.59 Å². The molecule has 7 nitrogen and oxygen atoms in total. The Bertz CT molecular complexity index is 881. The number of piperidine rings is 1. The van der Waals surface area contributed by atoms with Gasteiger partial charge in [-0.15, -0.1) is 0 Å². The number of carbonyl (C=O) groups excluding carboxylic acids is 2. The van der Waals surface area contributed by atoms with Gasteiger partial charge in [-0.05, 0) is 31.0 Å². The van der Waals surface area contributed by atoms with Crippen LogP contribution in [0.2, 0.25) is 0 Å². The highest BCUT2D eigenvalue weighted by atomic mass is 16.2. The summed E-state index contributed by atoms with van der Waals surface area (Å²) in [7, 11) is 5.59. The first-order valence-corrected chi connectivity index (χ1v) is 9.58. The summed E-state index contributed by atoms with van der Waals surface area (Å²) < 4.78 is 0. The Labute approximate surface area is 165 Å². The fourth-order valence-corrected chi connectivity index (χ4v) is 3.23. The van der Waals surface area contributed by atoms with E-state index < -0.39 is 0 Å². The molecule has 0 radical (unpaired) electrons. The minimum absolute atomic E-state index is 0.0232. The van der Waals surface area contributed by atoms with Crippen LogP contribution in [0.15, 0.2) is 30.3 Å². The maximum Gasteiger partial charge on any atom is 0.251 e. The smallest absolute Gasteiger partial charge is 0.251 e. The molecule has 0 spiro atoms. The molecule has 1 aromatic carbocycles. The minimum Gasteiger partial charge on any atom is -0.348 e. The van der Waals surface area contributed by atoms with E-state index in [2.05, 4.69) is 22.2 Å². The molecule has 1 N–H and O–H groups in total. The molecule has 7 heteroatoms. The first-order chi connectivity index (χ1) is 13.4. The number of aryl methyl sites for hydroxylation is 1. The van der Waals surface area contributed by atoms with Gasteiger partial charge >= 0.3 is 0 Å². The lowest BCUT2D eigenvalue weighted by Gasteiger charge is -2.30. The molecular weight excluding hydrogens is 354 g/mol. The van der Waals surface area contributed by atoms with E-state index >= 15 is 0 Å². The number of nitrogens with one attached hydrogen (secondary N) is 1. The molecule has 0 aliphatic carbocycles. The lowest BCUT2D eigenvalue weighted by molar-refractivity contribution is -0.132. The molecule has 2 aromatic rings. The zero-order valence-electron chi connectivity index (χ0n) is 16.9. The van der Waals surface area contributed by atoms with Gasteiger partial charge in [0.05, 0.1) is 5.69 Å². The zero-order valence-corrected chi connectivity index (χ0v) is 16.9. The molecule has 1 aliphatic rings. The van der Waals surface area contributed by atoms with Gasteiger partial charge in [0.25, 0.3) is 5.91 Å². The summed E-state index contributed by atoms with van der Waals surface area (Å²) in [6, 6.07) is 9.41. The van der Waals surface area contributed by atoms with Gasteiger partial charge in [-0.2, -0.15) is 0 Å². The fourth-order valence-electron chi connectivity index (χ4n) is 3.23. The van der Waals surface area contributed by atoms with E-state index in [1.807, 2.05) is 43.3 Å². The van der Waals surface area contributed by atoms with Crippen LogP contribution in [-0.4, -0.2) is 60.4 Å². The number of aromatic nitrogens is 2. The number of likely N-dealkylation sites (tertiary alicyclic amines) is 1. The van der Waals surface area contributed by atoms with Crippen molar-refractivity contribution in [2.45, 2.75) is 32.2 Å². The van der Waals surface area contributed by atoms with E-state index in [1.165, 1.54) is 0 Å².